The zero-order chi connectivity index (χ0) is 22.4. The highest BCUT2D eigenvalue weighted by atomic mass is 16.3. The van der Waals surface area contributed by atoms with E-state index in [0.29, 0.717) is 0 Å². The lowest BCUT2D eigenvalue weighted by atomic mass is 10.0. The molecule has 1 rings (SSSR count). The van der Waals surface area contributed by atoms with E-state index in [1.165, 1.54) is 135 Å². The Kier molecular flexibility index (Phi) is 19.5. The zero-order valence-corrected chi connectivity index (χ0v) is 21.4. The third-order valence-corrected chi connectivity index (χ3v) is 6.92. The lowest BCUT2D eigenvalue weighted by molar-refractivity contribution is 0.0766. The maximum Gasteiger partial charge on any atom is 0.125 e. The second-order valence-corrected chi connectivity index (χ2v) is 9.94. The van der Waals surface area contributed by atoms with Crippen LogP contribution in [-0.4, -0.2) is 35.2 Å². The van der Waals surface area contributed by atoms with Gasteiger partial charge in [-0.3, -0.25) is 4.99 Å². The number of nitrogens with zero attached hydrogens (tertiary/aromatic N) is 2. The highest BCUT2D eigenvalue weighted by Crippen LogP contribution is 2.16. The minimum Gasteiger partial charge on any atom is -0.374 e. The quantitative estimate of drug-likeness (QED) is 0.163. The van der Waals surface area contributed by atoms with Crippen LogP contribution in [0.5, 0.6) is 0 Å². The zero-order valence-electron chi connectivity index (χ0n) is 21.4. The van der Waals surface area contributed by atoms with Crippen LogP contribution >= 0.6 is 0 Å². The molecule has 0 aromatic heterocycles. The Hall–Kier alpha value is -0.570. The smallest absolute Gasteiger partial charge is 0.125 e. The molecule has 0 saturated carbocycles. The Morgan fingerprint density at radius 1 is 0.645 bits per heavy atom. The molecular weight excluding hydrogens is 380 g/mol. The molecule has 0 bridgehead atoms. The van der Waals surface area contributed by atoms with Gasteiger partial charge in [0.2, 0.25) is 0 Å². The highest BCUT2D eigenvalue weighted by molar-refractivity contribution is 5.83. The second-order valence-electron chi connectivity index (χ2n) is 9.94. The molecular formula is C28H56N2O. The maximum absolute atomic E-state index is 9.74. The molecule has 1 aliphatic rings. The van der Waals surface area contributed by atoms with Gasteiger partial charge in [0.15, 0.2) is 0 Å². The summed E-state index contributed by atoms with van der Waals surface area (Å²) in [6.07, 6.45) is 30.6. The largest absolute Gasteiger partial charge is 0.374 e. The van der Waals surface area contributed by atoms with Crippen molar-refractivity contribution in [3.8, 4) is 0 Å². The molecule has 1 unspecified atom stereocenters. The van der Waals surface area contributed by atoms with Crippen molar-refractivity contribution in [2.24, 2.45) is 4.99 Å². The van der Waals surface area contributed by atoms with Gasteiger partial charge < -0.3 is 10.0 Å². The molecule has 1 N–H and O–H groups in total. The molecule has 1 aliphatic heterocycles. The van der Waals surface area contributed by atoms with E-state index in [4.69, 9.17) is 0 Å². The average Bonchev–Trinajstić information content (AvgIpc) is 3.24. The number of aliphatic hydroxyl groups excluding tert-OH is 1. The Labute approximate surface area is 195 Å². The van der Waals surface area contributed by atoms with Crippen molar-refractivity contribution in [2.75, 3.05) is 13.1 Å². The number of hydrogen-bond acceptors (Lipinski definition) is 3. The van der Waals surface area contributed by atoms with E-state index >= 15 is 0 Å². The van der Waals surface area contributed by atoms with E-state index in [9.17, 15) is 5.11 Å². The lowest BCUT2D eigenvalue weighted by Crippen LogP contribution is -2.35. The standard InChI is InChI=1S/C28H56N2O/c1-3-4-5-6-7-8-9-10-11-12-13-14-15-16-17-18-19-20-21-22-23-24-28-29-25-26-30(28)27(2)31/h27,31H,3-26H2,1-2H3. The predicted octanol–water partition coefficient (Wildman–Crippen LogP) is 8.64. The van der Waals surface area contributed by atoms with Crippen molar-refractivity contribution >= 4 is 5.84 Å². The van der Waals surface area contributed by atoms with E-state index in [2.05, 4.69) is 16.8 Å². The van der Waals surface area contributed by atoms with E-state index in [1.54, 1.807) is 0 Å². The van der Waals surface area contributed by atoms with Crippen LogP contribution in [0.4, 0.5) is 0 Å². The summed E-state index contributed by atoms with van der Waals surface area (Å²) in [5.41, 5.74) is 0. The van der Waals surface area contributed by atoms with Crippen LogP contribution in [0.25, 0.3) is 0 Å². The highest BCUT2D eigenvalue weighted by Gasteiger charge is 2.19. The van der Waals surface area contributed by atoms with Gasteiger partial charge >= 0.3 is 0 Å². The van der Waals surface area contributed by atoms with E-state index < -0.39 is 0 Å². The monoisotopic (exact) mass is 436 g/mol. The summed E-state index contributed by atoms with van der Waals surface area (Å²) in [6.45, 7) is 5.90. The molecule has 0 aliphatic carbocycles. The van der Waals surface area contributed by atoms with Crippen LogP contribution in [0, 0.1) is 0 Å². The fourth-order valence-electron chi connectivity index (χ4n) is 4.85. The van der Waals surface area contributed by atoms with Crippen LogP contribution in [-0.2, 0) is 0 Å². The average molecular weight is 437 g/mol. The molecule has 0 spiro atoms. The van der Waals surface area contributed by atoms with Gasteiger partial charge in [0.25, 0.3) is 0 Å². The second kappa shape index (κ2) is 21.3. The van der Waals surface area contributed by atoms with Gasteiger partial charge in [0.05, 0.1) is 6.54 Å². The Morgan fingerprint density at radius 3 is 1.35 bits per heavy atom. The van der Waals surface area contributed by atoms with Crippen molar-refractivity contribution in [2.45, 2.75) is 161 Å². The molecule has 0 aromatic carbocycles. The summed E-state index contributed by atoms with van der Waals surface area (Å²) in [6, 6.07) is 0. The van der Waals surface area contributed by atoms with Crippen LogP contribution in [0.2, 0.25) is 0 Å². The van der Waals surface area contributed by atoms with E-state index in [-0.39, 0.29) is 6.23 Å². The molecule has 0 fully saturated rings. The van der Waals surface area contributed by atoms with Gasteiger partial charge in [0.1, 0.15) is 12.1 Å². The SMILES string of the molecule is CCCCCCCCCCCCCCCCCCCCCCCC1=NCCN1C(C)O. The summed E-state index contributed by atoms with van der Waals surface area (Å²) in [5, 5.41) is 9.74. The van der Waals surface area contributed by atoms with Gasteiger partial charge in [-0.1, -0.05) is 135 Å². The van der Waals surface area contributed by atoms with Crippen LogP contribution in [0.3, 0.4) is 0 Å². The molecule has 3 nitrogen and oxygen atoms in total. The summed E-state index contributed by atoms with van der Waals surface area (Å²) >= 11 is 0. The van der Waals surface area contributed by atoms with Gasteiger partial charge in [0, 0.05) is 13.0 Å². The van der Waals surface area contributed by atoms with Crippen molar-refractivity contribution in [1.29, 1.82) is 0 Å². The van der Waals surface area contributed by atoms with E-state index in [0.717, 1.165) is 25.3 Å². The van der Waals surface area contributed by atoms with Crippen molar-refractivity contribution in [3.63, 3.8) is 0 Å². The Morgan fingerprint density at radius 2 is 1.00 bits per heavy atom. The molecule has 0 radical (unpaired) electrons. The molecule has 1 atom stereocenters. The van der Waals surface area contributed by atoms with Crippen LogP contribution in [0.15, 0.2) is 4.99 Å². The summed E-state index contributed by atoms with van der Waals surface area (Å²) in [4.78, 5) is 6.60. The minimum atomic E-state index is -0.379. The summed E-state index contributed by atoms with van der Waals surface area (Å²) < 4.78 is 0. The number of unbranched alkanes of at least 4 members (excludes halogenated alkanes) is 20. The molecule has 184 valence electrons. The van der Waals surface area contributed by atoms with Crippen molar-refractivity contribution in [1.82, 2.24) is 4.90 Å². The first-order valence-corrected chi connectivity index (χ1v) is 14.2. The predicted molar refractivity (Wildman–Crippen MR) is 138 cm³/mol. The topological polar surface area (TPSA) is 35.8 Å². The van der Waals surface area contributed by atoms with Gasteiger partial charge in [-0.2, -0.15) is 0 Å². The number of aliphatic imine (C=N–C) groups is 1. The van der Waals surface area contributed by atoms with Crippen molar-refractivity contribution < 1.29 is 5.11 Å². The first-order valence-electron chi connectivity index (χ1n) is 14.2. The minimum absolute atomic E-state index is 0.379. The Balaban J connectivity index is 1.70. The fraction of sp³-hybridized carbons (Fsp3) is 0.964. The molecule has 1 heterocycles. The van der Waals surface area contributed by atoms with Crippen LogP contribution in [0.1, 0.15) is 155 Å². The molecule has 3 heteroatoms. The number of aliphatic hydroxyl groups is 1. The van der Waals surface area contributed by atoms with Crippen molar-refractivity contribution in [3.05, 3.63) is 0 Å². The van der Waals surface area contributed by atoms with Gasteiger partial charge in [-0.25, -0.2) is 0 Å². The maximum atomic E-state index is 9.74. The molecule has 31 heavy (non-hydrogen) atoms. The molecule has 0 amide bonds. The Bertz CT molecular complexity index is 408. The number of hydrogen-bond donors (Lipinski definition) is 1. The van der Waals surface area contributed by atoms with Crippen LogP contribution < -0.4 is 0 Å². The van der Waals surface area contributed by atoms with Gasteiger partial charge in [-0.05, 0) is 13.3 Å². The van der Waals surface area contributed by atoms with E-state index in [1.807, 2.05) is 6.92 Å². The third-order valence-electron chi connectivity index (χ3n) is 6.92. The van der Waals surface area contributed by atoms with Gasteiger partial charge in [-0.15, -0.1) is 0 Å². The summed E-state index contributed by atoms with van der Waals surface area (Å²) in [7, 11) is 0. The molecule has 0 saturated heterocycles. The number of rotatable bonds is 23. The number of amidine groups is 1. The first kappa shape index (κ1) is 28.5. The first-order chi connectivity index (χ1) is 15.3. The lowest BCUT2D eigenvalue weighted by Gasteiger charge is -2.23. The fourth-order valence-corrected chi connectivity index (χ4v) is 4.85. The molecule has 0 aromatic rings. The summed E-state index contributed by atoms with van der Waals surface area (Å²) in [5.74, 6) is 1.13. The normalized spacial score (nSPS) is 14.9. The third kappa shape index (κ3) is 16.7.